The van der Waals surface area contributed by atoms with Gasteiger partial charge in [-0.25, -0.2) is 0 Å². The van der Waals surface area contributed by atoms with E-state index in [1.807, 2.05) is 4.90 Å². The van der Waals surface area contributed by atoms with Crippen molar-refractivity contribution in [3.63, 3.8) is 0 Å². The van der Waals surface area contributed by atoms with Gasteiger partial charge in [0.25, 0.3) is 11.6 Å². The van der Waals surface area contributed by atoms with Gasteiger partial charge in [-0.15, -0.1) is 0 Å². The van der Waals surface area contributed by atoms with Gasteiger partial charge in [0.05, 0.1) is 4.92 Å². The molecule has 0 saturated carbocycles. The largest absolute Gasteiger partial charge is 0.366 e. The van der Waals surface area contributed by atoms with Gasteiger partial charge in [0.2, 0.25) is 0 Å². The maximum atomic E-state index is 12.3. The predicted molar refractivity (Wildman–Crippen MR) is 93.9 cm³/mol. The van der Waals surface area contributed by atoms with Crippen LogP contribution in [0, 0.1) is 10.1 Å². The molecule has 6 nitrogen and oxygen atoms in total. The van der Waals surface area contributed by atoms with Crippen molar-refractivity contribution < 1.29 is 9.72 Å². The van der Waals surface area contributed by atoms with Gasteiger partial charge in [0, 0.05) is 35.4 Å². The second-order valence-corrected chi connectivity index (χ2v) is 6.05. The Labute approximate surface area is 144 Å². The third-order valence-corrected chi connectivity index (χ3v) is 4.24. The van der Waals surface area contributed by atoms with Crippen molar-refractivity contribution in [3.05, 3.63) is 63.2 Å². The summed E-state index contributed by atoms with van der Waals surface area (Å²) in [4.78, 5) is 25.3. The molecule has 0 spiro atoms. The Bertz CT molecular complexity index is 771. The molecule has 0 aromatic heterocycles. The predicted octanol–water partition coefficient (Wildman–Crippen LogP) is 4.10. The minimum absolute atomic E-state index is 0.0411. The van der Waals surface area contributed by atoms with Gasteiger partial charge in [-0.05, 0) is 49.2 Å². The molecule has 24 heavy (non-hydrogen) atoms. The standard InChI is InChI=1S/C17H16ClN3O3/c18-13-4-6-14(7-5-13)19-17(22)12-3-8-15(16(11-12)21(23)24)20-9-1-2-10-20/h3-8,11H,1-2,9-10H2,(H,19,22). The molecular weight excluding hydrogens is 330 g/mol. The Balaban J connectivity index is 1.85. The molecule has 2 aromatic rings. The van der Waals surface area contributed by atoms with E-state index in [2.05, 4.69) is 5.32 Å². The summed E-state index contributed by atoms with van der Waals surface area (Å²) >= 11 is 5.81. The molecule has 0 bridgehead atoms. The second-order valence-electron chi connectivity index (χ2n) is 5.62. The lowest BCUT2D eigenvalue weighted by atomic mass is 10.1. The van der Waals surface area contributed by atoms with E-state index in [-0.39, 0.29) is 11.3 Å². The molecule has 0 unspecified atom stereocenters. The van der Waals surface area contributed by atoms with Gasteiger partial charge in [-0.2, -0.15) is 0 Å². The van der Waals surface area contributed by atoms with Crippen molar-refractivity contribution in [3.8, 4) is 0 Å². The maximum absolute atomic E-state index is 12.3. The molecule has 7 heteroatoms. The molecule has 1 fully saturated rings. The fraction of sp³-hybridized carbons (Fsp3) is 0.235. The molecule has 1 saturated heterocycles. The van der Waals surface area contributed by atoms with Crippen LogP contribution in [-0.4, -0.2) is 23.9 Å². The van der Waals surface area contributed by atoms with Gasteiger partial charge in [0.15, 0.2) is 0 Å². The monoisotopic (exact) mass is 345 g/mol. The van der Waals surface area contributed by atoms with Crippen LogP contribution in [-0.2, 0) is 0 Å². The number of rotatable bonds is 4. The van der Waals surface area contributed by atoms with E-state index < -0.39 is 10.8 Å². The zero-order valence-electron chi connectivity index (χ0n) is 12.9. The Kier molecular flexibility index (Phi) is 4.66. The van der Waals surface area contributed by atoms with Crippen LogP contribution in [0.3, 0.4) is 0 Å². The van der Waals surface area contributed by atoms with Crippen LogP contribution in [0.25, 0.3) is 0 Å². The quantitative estimate of drug-likeness (QED) is 0.668. The molecular formula is C17H16ClN3O3. The highest BCUT2D eigenvalue weighted by Crippen LogP contribution is 2.31. The smallest absolute Gasteiger partial charge is 0.293 e. The van der Waals surface area contributed by atoms with Crippen LogP contribution in [0.4, 0.5) is 17.1 Å². The van der Waals surface area contributed by atoms with Gasteiger partial charge in [-0.3, -0.25) is 14.9 Å². The first-order valence-electron chi connectivity index (χ1n) is 7.65. The van der Waals surface area contributed by atoms with Gasteiger partial charge in [-0.1, -0.05) is 11.6 Å². The number of hydrogen-bond acceptors (Lipinski definition) is 4. The Morgan fingerprint density at radius 3 is 2.42 bits per heavy atom. The first-order chi connectivity index (χ1) is 11.5. The summed E-state index contributed by atoms with van der Waals surface area (Å²) in [7, 11) is 0. The fourth-order valence-corrected chi connectivity index (χ4v) is 2.90. The number of nitrogens with zero attached hydrogens (tertiary/aromatic N) is 2. The van der Waals surface area contributed by atoms with Crippen LogP contribution in [0.15, 0.2) is 42.5 Å². The lowest BCUT2D eigenvalue weighted by Gasteiger charge is -2.17. The number of halogens is 1. The molecule has 3 rings (SSSR count). The highest BCUT2D eigenvalue weighted by atomic mass is 35.5. The molecule has 1 heterocycles. The summed E-state index contributed by atoms with van der Waals surface area (Å²) < 4.78 is 0. The van der Waals surface area contributed by atoms with Gasteiger partial charge >= 0.3 is 0 Å². The SMILES string of the molecule is O=C(Nc1ccc(Cl)cc1)c1ccc(N2CCCC2)c([N+](=O)[O-])c1. The molecule has 1 aliphatic heterocycles. The number of carbonyl (C=O) groups is 1. The van der Waals surface area contributed by atoms with Gasteiger partial charge < -0.3 is 10.2 Å². The highest BCUT2D eigenvalue weighted by Gasteiger charge is 2.23. The number of nitro benzene ring substituents is 1. The molecule has 1 amide bonds. The lowest BCUT2D eigenvalue weighted by Crippen LogP contribution is -2.19. The molecule has 124 valence electrons. The van der Waals surface area contributed by atoms with Crippen LogP contribution in [0.1, 0.15) is 23.2 Å². The first-order valence-corrected chi connectivity index (χ1v) is 8.03. The van der Waals surface area contributed by atoms with E-state index >= 15 is 0 Å². The number of anilines is 2. The van der Waals surface area contributed by atoms with Crippen molar-refractivity contribution >= 4 is 34.6 Å². The molecule has 0 atom stereocenters. The molecule has 0 radical (unpaired) electrons. The van der Waals surface area contributed by atoms with Crippen LogP contribution >= 0.6 is 11.6 Å². The minimum atomic E-state index is -0.438. The number of amides is 1. The Hall–Kier alpha value is -2.60. The number of nitrogens with one attached hydrogen (secondary N) is 1. The van der Waals surface area contributed by atoms with Crippen molar-refractivity contribution in [1.82, 2.24) is 0 Å². The number of nitro groups is 1. The van der Waals surface area contributed by atoms with E-state index in [9.17, 15) is 14.9 Å². The lowest BCUT2D eigenvalue weighted by molar-refractivity contribution is -0.384. The molecule has 2 aromatic carbocycles. The average molecular weight is 346 g/mol. The summed E-state index contributed by atoms with van der Waals surface area (Å²) in [5, 5.41) is 14.7. The van der Waals surface area contributed by atoms with Crippen molar-refractivity contribution in [2.24, 2.45) is 0 Å². The normalized spacial score (nSPS) is 13.8. The van der Waals surface area contributed by atoms with E-state index in [0.29, 0.717) is 16.4 Å². The second kappa shape index (κ2) is 6.88. The molecule has 0 aliphatic carbocycles. The van der Waals surface area contributed by atoms with E-state index in [1.165, 1.54) is 6.07 Å². The van der Waals surface area contributed by atoms with E-state index in [4.69, 9.17) is 11.6 Å². The average Bonchev–Trinajstić information content (AvgIpc) is 3.10. The van der Waals surface area contributed by atoms with Crippen LogP contribution in [0.2, 0.25) is 5.02 Å². The van der Waals surface area contributed by atoms with Crippen LogP contribution in [0.5, 0.6) is 0 Å². The number of hydrogen-bond donors (Lipinski definition) is 1. The Morgan fingerprint density at radius 1 is 1.12 bits per heavy atom. The first kappa shape index (κ1) is 16.3. The zero-order valence-corrected chi connectivity index (χ0v) is 13.6. The summed E-state index contributed by atoms with van der Waals surface area (Å²) in [5.41, 5.74) is 1.36. The molecule has 1 aliphatic rings. The fourth-order valence-electron chi connectivity index (χ4n) is 2.77. The number of carbonyl (C=O) groups excluding carboxylic acids is 1. The van der Waals surface area contributed by atoms with Crippen molar-refractivity contribution in [2.45, 2.75) is 12.8 Å². The minimum Gasteiger partial charge on any atom is -0.366 e. The van der Waals surface area contributed by atoms with Gasteiger partial charge in [0.1, 0.15) is 5.69 Å². The summed E-state index contributed by atoms with van der Waals surface area (Å²) in [5.74, 6) is -0.395. The topological polar surface area (TPSA) is 75.5 Å². The van der Waals surface area contributed by atoms with E-state index in [0.717, 1.165) is 25.9 Å². The zero-order chi connectivity index (χ0) is 17.1. The van der Waals surface area contributed by atoms with Crippen molar-refractivity contribution in [2.75, 3.05) is 23.3 Å². The van der Waals surface area contributed by atoms with Crippen molar-refractivity contribution in [1.29, 1.82) is 0 Å². The summed E-state index contributed by atoms with van der Waals surface area (Å²) in [6.07, 6.45) is 2.05. The van der Waals surface area contributed by atoms with Crippen LogP contribution < -0.4 is 10.2 Å². The summed E-state index contributed by atoms with van der Waals surface area (Å²) in [6, 6.07) is 11.3. The summed E-state index contributed by atoms with van der Waals surface area (Å²) in [6.45, 7) is 1.61. The van der Waals surface area contributed by atoms with E-state index in [1.54, 1.807) is 36.4 Å². The number of benzene rings is 2. The maximum Gasteiger partial charge on any atom is 0.293 e. The third-order valence-electron chi connectivity index (χ3n) is 3.98. The molecule has 1 N–H and O–H groups in total. The third kappa shape index (κ3) is 3.49. The highest BCUT2D eigenvalue weighted by molar-refractivity contribution is 6.30. The Morgan fingerprint density at radius 2 is 1.79 bits per heavy atom.